The van der Waals surface area contributed by atoms with Crippen molar-refractivity contribution in [3.63, 3.8) is 0 Å². The van der Waals surface area contributed by atoms with E-state index in [0.717, 1.165) is 18.0 Å². The van der Waals surface area contributed by atoms with Gasteiger partial charge in [0, 0.05) is 11.5 Å². The highest BCUT2D eigenvalue weighted by atomic mass is 32.2. The summed E-state index contributed by atoms with van der Waals surface area (Å²) in [6.07, 6.45) is 0. The van der Waals surface area contributed by atoms with Gasteiger partial charge in [0.15, 0.2) is 11.5 Å². The summed E-state index contributed by atoms with van der Waals surface area (Å²) in [6, 6.07) is 6.12. The van der Waals surface area contributed by atoms with E-state index in [2.05, 4.69) is 17.8 Å². The molecule has 1 N–H and O–H groups in total. The first-order valence-corrected chi connectivity index (χ1v) is 7.12. The van der Waals surface area contributed by atoms with Crippen LogP contribution >= 0.6 is 11.8 Å². The van der Waals surface area contributed by atoms with Gasteiger partial charge in [-0.3, -0.25) is 0 Å². The summed E-state index contributed by atoms with van der Waals surface area (Å²) in [5, 5.41) is 0. The zero-order valence-electron chi connectivity index (χ0n) is 10.5. The average Bonchev–Trinajstić information content (AvgIpc) is 2.39. The Balaban J connectivity index is 2.13. The topological polar surface area (TPSA) is 22.9 Å². The number of rotatable bonds is 4. The first kappa shape index (κ1) is 12.6. The van der Waals surface area contributed by atoms with Gasteiger partial charge in [-0.05, 0) is 12.1 Å². The number of para-hydroxylation sites is 1. The Morgan fingerprint density at radius 1 is 1.18 bits per heavy atom. The molecule has 0 aliphatic carbocycles. The molecule has 1 aliphatic rings. The van der Waals surface area contributed by atoms with Crippen LogP contribution in [-0.4, -0.2) is 38.8 Å². The van der Waals surface area contributed by atoms with Gasteiger partial charge in [0.2, 0.25) is 0 Å². The van der Waals surface area contributed by atoms with Crippen molar-refractivity contribution in [2.75, 3.05) is 38.8 Å². The number of nitrogens with one attached hydrogen (secondary N) is 1. The molecule has 0 saturated carbocycles. The second-order valence-electron chi connectivity index (χ2n) is 4.19. The van der Waals surface area contributed by atoms with E-state index in [1.54, 1.807) is 19.1 Å². The summed E-state index contributed by atoms with van der Waals surface area (Å²) in [7, 11) is 3.40. The quantitative estimate of drug-likeness (QED) is 0.861. The normalized spacial score (nSPS) is 16.8. The Hall–Kier alpha value is -0.870. The number of hydrogen-bond donors (Lipinski definition) is 1. The average molecular weight is 254 g/mol. The summed E-state index contributed by atoms with van der Waals surface area (Å²) in [5.74, 6) is 4.25. The Morgan fingerprint density at radius 3 is 2.59 bits per heavy atom. The van der Waals surface area contributed by atoms with Gasteiger partial charge >= 0.3 is 0 Å². The van der Waals surface area contributed by atoms with Gasteiger partial charge < -0.3 is 14.4 Å². The van der Waals surface area contributed by atoms with Crippen LogP contribution in [0.25, 0.3) is 0 Å². The van der Waals surface area contributed by atoms with Crippen LogP contribution in [0.15, 0.2) is 18.2 Å². The molecule has 1 saturated heterocycles. The lowest BCUT2D eigenvalue weighted by Gasteiger charge is -2.24. The number of methoxy groups -OCH3 is 2. The van der Waals surface area contributed by atoms with E-state index in [9.17, 15) is 0 Å². The van der Waals surface area contributed by atoms with Crippen LogP contribution in [-0.2, 0) is 6.54 Å². The lowest BCUT2D eigenvalue weighted by Crippen LogP contribution is -3.12. The first-order valence-electron chi connectivity index (χ1n) is 5.96. The maximum absolute atomic E-state index is 5.47. The molecule has 2 rings (SSSR count). The second-order valence-corrected chi connectivity index (χ2v) is 5.42. The fourth-order valence-electron chi connectivity index (χ4n) is 2.20. The van der Waals surface area contributed by atoms with Crippen LogP contribution in [0.1, 0.15) is 5.56 Å². The molecular weight excluding hydrogens is 234 g/mol. The van der Waals surface area contributed by atoms with Gasteiger partial charge in [0.25, 0.3) is 0 Å². The number of thioether (sulfide) groups is 1. The van der Waals surface area contributed by atoms with Crippen LogP contribution < -0.4 is 14.4 Å². The van der Waals surface area contributed by atoms with Crippen molar-refractivity contribution < 1.29 is 14.4 Å². The summed E-state index contributed by atoms with van der Waals surface area (Å²) in [6.45, 7) is 3.51. The molecule has 3 nitrogen and oxygen atoms in total. The summed E-state index contributed by atoms with van der Waals surface area (Å²) in [5.41, 5.74) is 1.24. The van der Waals surface area contributed by atoms with Crippen molar-refractivity contribution in [3.8, 4) is 11.5 Å². The number of hydrogen-bond acceptors (Lipinski definition) is 3. The molecule has 1 aromatic carbocycles. The third-order valence-corrected chi connectivity index (χ3v) is 4.11. The first-order chi connectivity index (χ1) is 8.35. The maximum Gasteiger partial charge on any atom is 0.169 e. The molecule has 1 fully saturated rings. The van der Waals surface area contributed by atoms with E-state index in [1.807, 2.05) is 12.1 Å². The smallest absolute Gasteiger partial charge is 0.169 e. The van der Waals surface area contributed by atoms with Crippen LogP contribution in [0.2, 0.25) is 0 Å². The van der Waals surface area contributed by atoms with Gasteiger partial charge in [0.1, 0.15) is 6.54 Å². The largest absolute Gasteiger partial charge is 0.493 e. The number of ether oxygens (including phenoxy) is 2. The molecule has 1 aliphatic heterocycles. The zero-order valence-corrected chi connectivity index (χ0v) is 11.3. The third kappa shape index (κ3) is 3.07. The predicted molar refractivity (Wildman–Crippen MR) is 71.3 cm³/mol. The van der Waals surface area contributed by atoms with Crippen molar-refractivity contribution in [3.05, 3.63) is 23.8 Å². The molecule has 0 amide bonds. The lowest BCUT2D eigenvalue weighted by molar-refractivity contribution is -0.910. The van der Waals surface area contributed by atoms with E-state index in [1.165, 1.54) is 30.2 Å². The minimum Gasteiger partial charge on any atom is -0.493 e. The molecule has 1 heterocycles. The Labute approximate surface area is 107 Å². The van der Waals surface area contributed by atoms with Gasteiger partial charge in [-0.25, -0.2) is 0 Å². The summed E-state index contributed by atoms with van der Waals surface area (Å²) in [4.78, 5) is 1.63. The highest BCUT2D eigenvalue weighted by Crippen LogP contribution is 2.30. The summed E-state index contributed by atoms with van der Waals surface area (Å²) < 4.78 is 10.8. The SMILES string of the molecule is COc1cccc(C[NH+]2CCSCC2)c1OC. The van der Waals surface area contributed by atoms with Gasteiger partial charge in [-0.2, -0.15) is 11.8 Å². The molecule has 1 aromatic rings. The monoisotopic (exact) mass is 254 g/mol. The predicted octanol–water partition coefficient (Wildman–Crippen LogP) is 0.835. The van der Waals surface area contributed by atoms with Crippen molar-refractivity contribution in [1.29, 1.82) is 0 Å². The fourth-order valence-corrected chi connectivity index (χ4v) is 3.27. The van der Waals surface area contributed by atoms with E-state index in [0.29, 0.717) is 0 Å². The van der Waals surface area contributed by atoms with E-state index in [4.69, 9.17) is 9.47 Å². The minimum atomic E-state index is 0.829. The molecule has 4 heteroatoms. The lowest BCUT2D eigenvalue weighted by atomic mass is 10.1. The molecule has 0 spiro atoms. The van der Waals surface area contributed by atoms with Crippen molar-refractivity contribution >= 4 is 11.8 Å². The highest BCUT2D eigenvalue weighted by molar-refractivity contribution is 7.99. The van der Waals surface area contributed by atoms with Crippen LogP contribution in [0.5, 0.6) is 11.5 Å². The van der Waals surface area contributed by atoms with Crippen LogP contribution in [0, 0.1) is 0 Å². The molecule has 0 atom stereocenters. The minimum absolute atomic E-state index is 0.829. The van der Waals surface area contributed by atoms with Gasteiger partial charge in [-0.1, -0.05) is 6.07 Å². The molecule has 0 aromatic heterocycles. The fraction of sp³-hybridized carbons (Fsp3) is 0.538. The molecular formula is C13H20NO2S+. The zero-order chi connectivity index (χ0) is 12.1. The summed E-state index contributed by atoms with van der Waals surface area (Å²) >= 11 is 2.05. The van der Waals surface area contributed by atoms with Crippen LogP contribution in [0.3, 0.4) is 0 Å². The Bertz CT molecular complexity index is 364. The number of benzene rings is 1. The second kappa shape index (κ2) is 6.17. The molecule has 0 unspecified atom stereocenters. The molecule has 0 bridgehead atoms. The number of quaternary nitrogens is 1. The van der Waals surface area contributed by atoms with E-state index < -0.39 is 0 Å². The van der Waals surface area contributed by atoms with Gasteiger partial charge in [-0.15, -0.1) is 0 Å². The van der Waals surface area contributed by atoms with Gasteiger partial charge in [0.05, 0.1) is 32.9 Å². The molecule has 0 radical (unpaired) electrons. The standard InChI is InChI=1S/C13H19NO2S/c1-15-12-5-3-4-11(13(12)16-2)10-14-6-8-17-9-7-14/h3-5H,6-10H2,1-2H3/p+1. The van der Waals surface area contributed by atoms with Crippen LogP contribution in [0.4, 0.5) is 0 Å². The van der Waals surface area contributed by atoms with Crippen molar-refractivity contribution in [2.45, 2.75) is 6.54 Å². The maximum atomic E-state index is 5.47. The molecule has 17 heavy (non-hydrogen) atoms. The van der Waals surface area contributed by atoms with Crippen molar-refractivity contribution in [1.82, 2.24) is 0 Å². The van der Waals surface area contributed by atoms with Crippen molar-refractivity contribution in [2.24, 2.45) is 0 Å². The van der Waals surface area contributed by atoms with E-state index >= 15 is 0 Å². The molecule has 94 valence electrons. The third-order valence-electron chi connectivity index (χ3n) is 3.12. The highest BCUT2D eigenvalue weighted by Gasteiger charge is 2.18. The Morgan fingerprint density at radius 2 is 1.94 bits per heavy atom. The van der Waals surface area contributed by atoms with E-state index in [-0.39, 0.29) is 0 Å². The Kier molecular flexibility index (Phi) is 4.57.